The zero-order valence-corrected chi connectivity index (χ0v) is 6.80. The molecule has 0 saturated carbocycles. The van der Waals surface area contributed by atoms with E-state index in [0.29, 0.717) is 0 Å². The van der Waals surface area contributed by atoms with Gasteiger partial charge in [0.25, 0.3) is 0 Å². The summed E-state index contributed by atoms with van der Waals surface area (Å²) in [5.41, 5.74) is 0. The lowest BCUT2D eigenvalue weighted by atomic mass is 9.95. The van der Waals surface area contributed by atoms with Gasteiger partial charge in [-0.3, -0.25) is 0 Å². The van der Waals surface area contributed by atoms with E-state index in [2.05, 4.69) is 24.3 Å². The third kappa shape index (κ3) is 0.867. The SMILES string of the molecule is CN(C)C1CC2CCC1N2. The molecular weight excluding hydrogens is 124 g/mol. The van der Waals surface area contributed by atoms with E-state index in [-0.39, 0.29) is 0 Å². The van der Waals surface area contributed by atoms with Crippen molar-refractivity contribution in [1.82, 2.24) is 10.2 Å². The number of fused-ring (bicyclic) bond motifs is 2. The average Bonchev–Trinajstić information content (AvgIpc) is 2.44. The molecule has 2 heterocycles. The van der Waals surface area contributed by atoms with Gasteiger partial charge in [0.1, 0.15) is 0 Å². The molecule has 0 aromatic rings. The molecule has 0 aromatic carbocycles. The molecule has 0 spiro atoms. The van der Waals surface area contributed by atoms with E-state index in [1.165, 1.54) is 19.3 Å². The lowest BCUT2D eigenvalue weighted by Crippen LogP contribution is -2.38. The Balaban J connectivity index is 2.02. The fourth-order valence-electron chi connectivity index (χ4n) is 2.37. The molecule has 2 aliphatic rings. The quantitative estimate of drug-likeness (QED) is 0.568. The van der Waals surface area contributed by atoms with Gasteiger partial charge in [-0.25, -0.2) is 0 Å². The Kier molecular flexibility index (Phi) is 1.46. The van der Waals surface area contributed by atoms with E-state index in [0.717, 1.165) is 18.1 Å². The summed E-state index contributed by atoms with van der Waals surface area (Å²) in [4.78, 5) is 2.36. The van der Waals surface area contributed by atoms with Crippen molar-refractivity contribution in [1.29, 1.82) is 0 Å². The summed E-state index contributed by atoms with van der Waals surface area (Å²) in [7, 11) is 4.38. The maximum Gasteiger partial charge on any atom is 0.0258 e. The molecular formula is C8H16N2. The van der Waals surface area contributed by atoms with Crippen LogP contribution in [-0.2, 0) is 0 Å². The summed E-state index contributed by atoms with van der Waals surface area (Å²) in [6, 6.07) is 2.47. The summed E-state index contributed by atoms with van der Waals surface area (Å²) < 4.78 is 0. The van der Waals surface area contributed by atoms with E-state index < -0.39 is 0 Å². The molecule has 10 heavy (non-hydrogen) atoms. The molecule has 2 fully saturated rings. The monoisotopic (exact) mass is 140 g/mol. The van der Waals surface area contributed by atoms with Crippen molar-refractivity contribution in [2.24, 2.45) is 0 Å². The molecule has 3 unspecified atom stereocenters. The van der Waals surface area contributed by atoms with Crippen molar-refractivity contribution in [3.63, 3.8) is 0 Å². The molecule has 1 N–H and O–H groups in total. The topological polar surface area (TPSA) is 15.3 Å². The molecule has 2 aliphatic heterocycles. The smallest absolute Gasteiger partial charge is 0.0258 e. The van der Waals surface area contributed by atoms with Crippen molar-refractivity contribution >= 4 is 0 Å². The maximum absolute atomic E-state index is 3.62. The zero-order valence-electron chi connectivity index (χ0n) is 6.80. The van der Waals surface area contributed by atoms with Gasteiger partial charge in [0.15, 0.2) is 0 Å². The van der Waals surface area contributed by atoms with Crippen LogP contribution in [0.4, 0.5) is 0 Å². The molecule has 0 radical (unpaired) electrons. The Morgan fingerprint density at radius 2 is 2.10 bits per heavy atom. The van der Waals surface area contributed by atoms with Crippen molar-refractivity contribution in [2.75, 3.05) is 14.1 Å². The molecule has 2 rings (SSSR count). The van der Waals surface area contributed by atoms with Crippen LogP contribution in [0.15, 0.2) is 0 Å². The Labute approximate surface area is 62.6 Å². The van der Waals surface area contributed by atoms with Crippen LogP contribution >= 0.6 is 0 Å². The summed E-state index contributed by atoms with van der Waals surface area (Å²) in [5.74, 6) is 0. The highest BCUT2D eigenvalue weighted by Gasteiger charge is 2.39. The van der Waals surface area contributed by atoms with Crippen LogP contribution in [0.2, 0.25) is 0 Å². The van der Waals surface area contributed by atoms with Crippen molar-refractivity contribution < 1.29 is 0 Å². The Bertz CT molecular complexity index is 133. The van der Waals surface area contributed by atoms with E-state index in [1.807, 2.05) is 0 Å². The number of nitrogens with one attached hydrogen (secondary N) is 1. The minimum atomic E-state index is 0.806. The van der Waals surface area contributed by atoms with Gasteiger partial charge in [-0.2, -0.15) is 0 Å². The lowest BCUT2D eigenvalue weighted by Gasteiger charge is -2.26. The first-order valence-electron chi connectivity index (χ1n) is 4.20. The third-order valence-electron chi connectivity index (χ3n) is 2.93. The minimum absolute atomic E-state index is 0.806. The molecule has 2 nitrogen and oxygen atoms in total. The van der Waals surface area contributed by atoms with Crippen LogP contribution < -0.4 is 5.32 Å². The van der Waals surface area contributed by atoms with Crippen molar-refractivity contribution in [3.05, 3.63) is 0 Å². The molecule has 2 saturated heterocycles. The number of hydrogen-bond acceptors (Lipinski definition) is 2. The van der Waals surface area contributed by atoms with Crippen LogP contribution in [0.25, 0.3) is 0 Å². The maximum atomic E-state index is 3.62. The van der Waals surface area contributed by atoms with Crippen LogP contribution in [-0.4, -0.2) is 37.1 Å². The van der Waals surface area contributed by atoms with Gasteiger partial charge in [0, 0.05) is 18.1 Å². The Morgan fingerprint density at radius 1 is 1.30 bits per heavy atom. The van der Waals surface area contributed by atoms with Gasteiger partial charge in [-0.15, -0.1) is 0 Å². The highest BCUT2D eigenvalue weighted by Crippen LogP contribution is 2.30. The van der Waals surface area contributed by atoms with Crippen molar-refractivity contribution in [2.45, 2.75) is 37.4 Å². The largest absolute Gasteiger partial charge is 0.310 e. The van der Waals surface area contributed by atoms with Crippen LogP contribution in [0.3, 0.4) is 0 Å². The molecule has 2 heteroatoms. The lowest BCUT2D eigenvalue weighted by molar-refractivity contribution is 0.250. The zero-order chi connectivity index (χ0) is 7.14. The Hall–Kier alpha value is -0.0800. The molecule has 0 amide bonds. The average molecular weight is 140 g/mol. The highest BCUT2D eigenvalue weighted by molar-refractivity contribution is 5.00. The molecule has 0 aliphatic carbocycles. The van der Waals surface area contributed by atoms with E-state index in [4.69, 9.17) is 0 Å². The first kappa shape index (κ1) is 6.62. The van der Waals surface area contributed by atoms with Gasteiger partial charge < -0.3 is 10.2 Å². The fourth-order valence-corrected chi connectivity index (χ4v) is 2.37. The van der Waals surface area contributed by atoms with Crippen LogP contribution in [0.5, 0.6) is 0 Å². The second kappa shape index (κ2) is 2.21. The molecule has 2 bridgehead atoms. The van der Waals surface area contributed by atoms with E-state index in [9.17, 15) is 0 Å². The second-order valence-corrected chi connectivity index (χ2v) is 3.81. The first-order chi connectivity index (χ1) is 4.77. The summed E-state index contributed by atoms with van der Waals surface area (Å²) in [6.45, 7) is 0. The highest BCUT2D eigenvalue weighted by atomic mass is 15.2. The van der Waals surface area contributed by atoms with Crippen LogP contribution in [0.1, 0.15) is 19.3 Å². The van der Waals surface area contributed by atoms with Crippen LogP contribution in [0, 0.1) is 0 Å². The Morgan fingerprint density at radius 3 is 2.40 bits per heavy atom. The van der Waals surface area contributed by atoms with Gasteiger partial charge >= 0.3 is 0 Å². The predicted molar refractivity (Wildman–Crippen MR) is 42.0 cm³/mol. The summed E-state index contributed by atoms with van der Waals surface area (Å²) in [6.07, 6.45) is 4.18. The van der Waals surface area contributed by atoms with Gasteiger partial charge in [0.2, 0.25) is 0 Å². The molecule has 0 aromatic heterocycles. The summed E-state index contributed by atoms with van der Waals surface area (Å²) >= 11 is 0. The molecule has 3 atom stereocenters. The van der Waals surface area contributed by atoms with E-state index >= 15 is 0 Å². The standard InChI is InChI=1S/C8H16N2/c1-10(2)8-5-6-3-4-7(8)9-6/h6-9H,3-5H2,1-2H3. The summed E-state index contributed by atoms with van der Waals surface area (Å²) in [5, 5.41) is 3.62. The number of likely N-dealkylation sites (N-methyl/N-ethyl adjacent to an activating group) is 1. The minimum Gasteiger partial charge on any atom is -0.310 e. The van der Waals surface area contributed by atoms with E-state index in [1.54, 1.807) is 0 Å². The van der Waals surface area contributed by atoms with Gasteiger partial charge in [-0.05, 0) is 33.4 Å². The predicted octanol–water partition coefficient (Wildman–Crippen LogP) is 0.441. The first-order valence-corrected chi connectivity index (χ1v) is 4.20. The number of nitrogens with zero attached hydrogens (tertiary/aromatic N) is 1. The molecule has 58 valence electrons. The fraction of sp³-hybridized carbons (Fsp3) is 1.00. The number of hydrogen-bond donors (Lipinski definition) is 1. The van der Waals surface area contributed by atoms with Gasteiger partial charge in [-0.1, -0.05) is 0 Å². The second-order valence-electron chi connectivity index (χ2n) is 3.81. The van der Waals surface area contributed by atoms with Crippen molar-refractivity contribution in [3.8, 4) is 0 Å². The normalized spacial score (nSPS) is 45.3. The number of rotatable bonds is 1. The van der Waals surface area contributed by atoms with Gasteiger partial charge in [0.05, 0.1) is 0 Å². The third-order valence-corrected chi connectivity index (χ3v) is 2.93.